The number of thiazole rings is 1. The fourth-order valence-electron chi connectivity index (χ4n) is 1.57. The van der Waals surface area contributed by atoms with Crippen molar-refractivity contribution in [2.24, 2.45) is 0 Å². The number of aromatic hydroxyl groups is 1. The molecule has 0 aliphatic rings. The van der Waals surface area contributed by atoms with Crippen molar-refractivity contribution in [2.45, 2.75) is 26.2 Å². The Morgan fingerprint density at radius 1 is 1.40 bits per heavy atom. The molecular formula is C14H15FN2O2S. The lowest BCUT2D eigenvalue weighted by molar-refractivity contribution is 0.102. The smallest absolute Gasteiger partial charge is 0.264 e. The highest BCUT2D eigenvalue weighted by Crippen LogP contribution is 2.27. The number of hydrogen-bond acceptors (Lipinski definition) is 4. The van der Waals surface area contributed by atoms with Crippen molar-refractivity contribution in [1.29, 1.82) is 0 Å². The van der Waals surface area contributed by atoms with E-state index < -0.39 is 17.5 Å². The highest BCUT2D eigenvalue weighted by molar-refractivity contribution is 7.14. The highest BCUT2D eigenvalue weighted by Gasteiger charge is 2.20. The number of anilines is 1. The largest absolute Gasteiger partial charge is 0.507 e. The third-order valence-corrected chi connectivity index (χ3v) is 3.47. The lowest BCUT2D eigenvalue weighted by atomic mass is 9.93. The first-order valence-electron chi connectivity index (χ1n) is 6.04. The van der Waals surface area contributed by atoms with Crippen molar-refractivity contribution in [1.82, 2.24) is 4.98 Å². The van der Waals surface area contributed by atoms with E-state index in [1.165, 1.54) is 23.5 Å². The SMILES string of the molecule is CC(C)(C)c1csc(NC(=O)c2c(O)cccc2F)n1. The van der Waals surface area contributed by atoms with Gasteiger partial charge in [0.25, 0.3) is 5.91 Å². The molecule has 20 heavy (non-hydrogen) atoms. The van der Waals surface area contributed by atoms with Gasteiger partial charge in [-0.05, 0) is 12.1 Å². The quantitative estimate of drug-likeness (QED) is 0.890. The van der Waals surface area contributed by atoms with Crippen LogP contribution in [0.3, 0.4) is 0 Å². The van der Waals surface area contributed by atoms with Gasteiger partial charge in [-0.3, -0.25) is 10.1 Å². The summed E-state index contributed by atoms with van der Waals surface area (Å²) in [5.74, 6) is -1.87. The zero-order valence-corrected chi connectivity index (χ0v) is 12.2. The van der Waals surface area contributed by atoms with Gasteiger partial charge in [0.1, 0.15) is 17.1 Å². The molecule has 2 N–H and O–H groups in total. The second-order valence-electron chi connectivity index (χ2n) is 5.38. The molecule has 4 nitrogen and oxygen atoms in total. The maximum atomic E-state index is 13.6. The third-order valence-electron chi connectivity index (χ3n) is 2.71. The van der Waals surface area contributed by atoms with Gasteiger partial charge in [-0.25, -0.2) is 9.37 Å². The number of phenolic OH excluding ortho intramolecular Hbond substituents is 1. The normalized spacial score (nSPS) is 11.4. The molecule has 1 aromatic heterocycles. The van der Waals surface area contributed by atoms with E-state index in [9.17, 15) is 14.3 Å². The first kappa shape index (κ1) is 14.5. The van der Waals surface area contributed by atoms with Crippen LogP contribution >= 0.6 is 11.3 Å². The maximum absolute atomic E-state index is 13.6. The predicted molar refractivity (Wildman–Crippen MR) is 76.8 cm³/mol. The van der Waals surface area contributed by atoms with Crippen LogP contribution < -0.4 is 5.32 Å². The Bertz CT molecular complexity index is 627. The van der Waals surface area contributed by atoms with E-state index in [1.807, 2.05) is 26.2 Å². The Kier molecular flexibility index (Phi) is 3.76. The number of carbonyl (C=O) groups excluding carboxylic acids is 1. The molecule has 6 heteroatoms. The number of rotatable bonds is 2. The Morgan fingerprint density at radius 3 is 2.65 bits per heavy atom. The molecule has 0 bridgehead atoms. The van der Waals surface area contributed by atoms with E-state index in [1.54, 1.807) is 0 Å². The minimum Gasteiger partial charge on any atom is -0.507 e. The molecule has 1 amide bonds. The summed E-state index contributed by atoms with van der Waals surface area (Å²) in [6, 6.07) is 3.72. The van der Waals surface area contributed by atoms with Crippen LogP contribution in [0.4, 0.5) is 9.52 Å². The molecule has 106 valence electrons. The van der Waals surface area contributed by atoms with Crippen LogP contribution in [-0.4, -0.2) is 16.0 Å². The second kappa shape index (κ2) is 5.20. The molecule has 2 aromatic rings. The van der Waals surface area contributed by atoms with Crippen molar-refractivity contribution in [2.75, 3.05) is 5.32 Å². The number of benzene rings is 1. The van der Waals surface area contributed by atoms with Gasteiger partial charge in [-0.2, -0.15) is 0 Å². The van der Waals surface area contributed by atoms with Gasteiger partial charge in [0, 0.05) is 10.8 Å². The monoisotopic (exact) mass is 294 g/mol. The number of nitrogens with one attached hydrogen (secondary N) is 1. The molecule has 0 aliphatic carbocycles. The number of halogens is 1. The summed E-state index contributed by atoms with van der Waals surface area (Å²) < 4.78 is 13.6. The molecule has 0 atom stereocenters. The number of aromatic nitrogens is 1. The average Bonchev–Trinajstić information content (AvgIpc) is 2.76. The number of nitrogens with zero attached hydrogens (tertiary/aromatic N) is 1. The Balaban J connectivity index is 2.22. The van der Waals surface area contributed by atoms with Crippen molar-refractivity contribution in [3.05, 3.63) is 40.7 Å². The summed E-state index contributed by atoms with van der Waals surface area (Å²) in [5, 5.41) is 14.3. The molecule has 0 saturated heterocycles. The fourth-order valence-corrected chi connectivity index (χ4v) is 2.50. The highest BCUT2D eigenvalue weighted by atomic mass is 32.1. The Hall–Kier alpha value is -1.95. The van der Waals surface area contributed by atoms with Crippen molar-refractivity contribution < 1.29 is 14.3 Å². The molecule has 0 unspecified atom stereocenters. The lowest BCUT2D eigenvalue weighted by Crippen LogP contribution is -2.15. The number of carbonyl (C=O) groups is 1. The molecule has 1 aromatic carbocycles. The van der Waals surface area contributed by atoms with Crippen LogP contribution in [0, 0.1) is 5.82 Å². The molecule has 0 aliphatic heterocycles. The second-order valence-corrected chi connectivity index (χ2v) is 6.23. The summed E-state index contributed by atoms with van der Waals surface area (Å²) in [4.78, 5) is 16.3. The van der Waals surface area contributed by atoms with E-state index in [2.05, 4.69) is 10.3 Å². The zero-order chi connectivity index (χ0) is 14.9. The number of phenols is 1. The predicted octanol–water partition coefficient (Wildman–Crippen LogP) is 3.54. The van der Waals surface area contributed by atoms with Gasteiger partial charge in [-0.15, -0.1) is 11.3 Å². The van der Waals surface area contributed by atoms with Gasteiger partial charge >= 0.3 is 0 Å². The molecule has 0 spiro atoms. The van der Waals surface area contributed by atoms with Crippen LogP contribution in [0.2, 0.25) is 0 Å². The fraction of sp³-hybridized carbons (Fsp3) is 0.286. The van der Waals surface area contributed by atoms with Gasteiger partial charge in [0.2, 0.25) is 0 Å². The van der Waals surface area contributed by atoms with Gasteiger partial charge in [-0.1, -0.05) is 26.8 Å². The van der Waals surface area contributed by atoms with Crippen LogP contribution in [-0.2, 0) is 5.41 Å². The molecule has 1 heterocycles. The summed E-state index contributed by atoms with van der Waals surface area (Å²) in [6.07, 6.45) is 0. The molecule has 0 saturated carbocycles. The van der Waals surface area contributed by atoms with E-state index in [-0.39, 0.29) is 11.0 Å². The zero-order valence-electron chi connectivity index (χ0n) is 11.4. The number of amides is 1. The lowest BCUT2D eigenvalue weighted by Gasteiger charge is -2.14. The van der Waals surface area contributed by atoms with E-state index in [4.69, 9.17) is 0 Å². The summed E-state index contributed by atoms with van der Waals surface area (Å²) in [6.45, 7) is 6.03. The third kappa shape index (κ3) is 2.96. The summed E-state index contributed by atoms with van der Waals surface area (Å²) in [7, 11) is 0. The van der Waals surface area contributed by atoms with Crippen LogP contribution in [0.1, 0.15) is 36.8 Å². The van der Waals surface area contributed by atoms with Crippen molar-refractivity contribution in [3.8, 4) is 5.75 Å². The first-order chi connectivity index (χ1) is 9.29. The van der Waals surface area contributed by atoms with Crippen molar-refractivity contribution >= 4 is 22.4 Å². The summed E-state index contributed by atoms with van der Waals surface area (Å²) in [5.41, 5.74) is 0.343. The minimum absolute atomic E-state index is 0.125. The van der Waals surface area contributed by atoms with Gasteiger partial charge < -0.3 is 5.11 Å². The Labute approximate surface area is 120 Å². The van der Waals surface area contributed by atoms with Crippen LogP contribution in [0.25, 0.3) is 0 Å². The van der Waals surface area contributed by atoms with Crippen molar-refractivity contribution in [3.63, 3.8) is 0 Å². The van der Waals surface area contributed by atoms with Gasteiger partial charge in [0.15, 0.2) is 5.13 Å². The maximum Gasteiger partial charge on any atom is 0.264 e. The molecular weight excluding hydrogens is 279 g/mol. The average molecular weight is 294 g/mol. The standard InChI is InChI=1S/C14H15FN2O2S/c1-14(2,3)10-7-20-13(16-10)17-12(19)11-8(15)5-4-6-9(11)18/h4-7,18H,1-3H3,(H,16,17,19). The van der Waals surface area contributed by atoms with Crippen LogP contribution in [0.5, 0.6) is 5.75 Å². The molecule has 0 radical (unpaired) electrons. The van der Waals surface area contributed by atoms with Crippen LogP contribution in [0.15, 0.2) is 23.6 Å². The molecule has 2 rings (SSSR count). The Morgan fingerprint density at radius 2 is 2.10 bits per heavy atom. The molecule has 0 fully saturated rings. The van der Waals surface area contributed by atoms with E-state index >= 15 is 0 Å². The topological polar surface area (TPSA) is 62.2 Å². The first-order valence-corrected chi connectivity index (χ1v) is 6.92. The van der Waals surface area contributed by atoms with E-state index in [0.29, 0.717) is 5.13 Å². The van der Waals surface area contributed by atoms with E-state index in [0.717, 1.165) is 11.8 Å². The number of hydrogen-bond donors (Lipinski definition) is 2. The minimum atomic E-state index is -0.768. The summed E-state index contributed by atoms with van der Waals surface area (Å²) >= 11 is 1.26. The van der Waals surface area contributed by atoms with Gasteiger partial charge in [0.05, 0.1) is 5.69 Å².